The zero-order chi connectivity index (χ0) is 21.4. The number of hydrogen-bond donors (Lipinski definition) is 0. The number of benzene rings is 1. The van der Waals surface area contributed by atoms with Crippen LogP contribution in [0.25, 0.3) is 5.69 Å². The Morgan fingerprint density at radius 1 is 1.23 bits per heavy atom. The predicted molar refractivity (Wildman–Crippen MR) is 110 cm³/mol. The van der Waals surface area contributed by atoms with E-state index < -0.39 is 18.3 Å². The maximum absolute atomic E-state index is 13.4. The maximum atomic E-state index is 13.4. The van der Waals surface area contributed by atoms with Crippen LogP contribution < -0.4 is 0 Å². The van der Waals surface area contributed by atoms with Crippen LogP contribution in [0.5, 0.6) is 0 Å². The first kappa shape index (κ1) is 20.7. The van der Waals surface area contributed by atoms with Crippen molar-refractivity contribution >= 4 is 23.7 Å². The van der Waals surface area contributed by atoms with E-state index in [0.717, 1.165) is 35.2 Å². The van der Waals surface area contributed by atoms with Crippen molar-refractivity contribution in [1.82, 2.24) is 19.8 Å². The molecule has 1 aromatic heterocycles. The molecule has 3 heterocycles. The molecule has 0 aliphatic carbocycles. The second kappa shape index (κ2) is 8.28. The molecule has 2 unspecified atom stereocenters. The number of aryl methyl sites for hydroxylation is 2. The molecule has 1 amide bonds. The van der Waals surface area contributed by atoms with E-state index in [1.807, 2.05) is 31.0 Å². The quantitative estimate of drug-likeness (QED) is 0.687. The van der Waals surface area contributed by atoms with Crippen LogP contribution in [0.4, 0.5) is 4.79 Å². The van der Waals surface area contributed by atoms with Crippen molar-refractivity contribution in [3.63, 3.8) is 0 Å². The first-order chi connectivity index (χ1) is 14.4. The zero-order valence-corrected chi connectivity index (χ0v) is 18.1. The van der Waals surface area contributed by atoms with Crippen LogP contribution >= 0.6 is 11.6 Å². The number of carbonyl (C=O) groups excluding carboxylic acids is 2. The van der Waals surface area contributed by atoms with E-state index in [1.165, 1.54) is 0 Å². The second-order valence-electron chi connectivity index (χ2n) is 7.60. The molecule has 2 aliphatic heterocycles. The summed E-state index contributed by atoms with van der Waals surface area (Å²) in [6.45, 7) is 7.14. The molecule has 0 saturated carbocycles. The van der Waals surface area contributed by atoms with E-state index in [0.29, 0.717) is 18.1 Å². The average Bonchev–Trinajstić information content (AvgIpc) is 3.25. The Kier molecular flexibility index (Phi) is 5.71. The molecule has 4 rings (SSSR count). The normalized spacial score (nSPS) is 21.6. The van der Waals surface area contributed by atoms with E-state index in [1.54, 1.807) is 29.0 Å². The molecule has 0 bridgehead atoms. The molecular weight excluding hydrogens is 408 g/mol. The van der Waals surface area contributed by atoms with Gasteiger partial charge < -0.3 is 9.47 Å². The Hall–Kier alpha value is -2.58. The molecule has 2 fully saturated rings. The van der Waals surface area contributed by atoms with Gasteiger partial charge in [-0.3, -0.25) is 9.80 Å². The maximum Gasteiger partial charge on any atom is 0.509 e. The fraction of sp³-hybridized carbons (Fsp3) is 0.476. The average molecular weight is 433 g/mol. The highest BCUT2D eigenvalue weighted by Gasteiger charge is 2.51. The highest BCUT2D eigenvalue weighted by Crippen LogP contribution is 2.40. The first-order valence-electron chi connectivity index (χ1n) is 10.1. The Morgan fingerprint density at radius 2 is 1.93 bits per heavy atom. The van der Waals surface area contributed by atoms with Gasteiger partial charge in [0.05, 0.1) is 23.5 Å². The van der Waals surface area contributed by atoms with E-state index in [9.17, 15) is 9.59 Å². The largest absolute Gasteiger partial charge is 0.509 e. The number of hydrazine groups is 1. The minimum Gasteiger partial charge on any atom is -0.435 e. The fourth-order valence-electron chi connectivity index (χ4n) is 4.40. The van der Waals surface area contributed by atoms with Gasteiger partial charge in [0, 0.05) is 19.3 Å². The summed E-state index contributed by atoms with van der Waals surface area (Å²) in [7, 11) is 0. The monoisotopic (exact) mass is 432 g/mol. The Labute approximate surface area is 180 Å². The van der Waals surface area contributed by atoms with Crippen LogP contribution in [0, 0.1) is 13.8 Å². The predicted octanol–water partition coefficient (Wildman–Crippen LogP) is 3.58. The number of fused-ring (bicyclic) bond motifs is 1. The molecule has 9 heteroatoms. The van der Waals surface area contributed by atoms with Gasteiger partial charge in [-0.15, -0.1) is 0 Å². The Balaban J connectivity index is 1.74. The van der Waals surface area contributed by atoms with Crippen molar-refractivity contribution in [2.75, 3.05) is 19.7 Å². The number of ether oxygens (including phenoxy) is 2. The molecule has 0 spiro atoms. The van der Waals surface area contributed by atoms with Gasteiger partial charge in [-0.05, 0) is 62.4 Å². The number of nitrogens with zero attached hydrogens (tertiary/aromatic N) is 4. The van der Waals surface area contributed by atoms with E-state index in [-0.39, 0.29) is 12.5 Å². The van der Waals surface area contributed by atoms with Crippen molar-refractivity contribution in [1.29, 1.82) is 0 Å². The first-order valence-corrected chi connectivity index (χ1v) is 10.5. The third-order valence-electron chi connectivity index (χ3n) is 5.60. The van der Waals surface area contributed by atoms with Crippen LogP contribution in [-0.2, 0) is 14.3 Å². The lowest BCUT2D eigenvalue weighted by Crippen LogP contribution is -2.48. The SMILES string of the molecule is CCOC(=O)OC1C(c2c(C)cc(-n3cc(Cl)cn3)cc2C)C(=O)N2CCCCN12. The number of carbonyl (C=O) groups is 2. The van der Waals surface area contributed by atoms with Crippen LogP contribution in [0.2, 0.25) is 5.02 Å². The van der Waals surface area contributed by atoms with Gasteiger partial charge in [0.2, 0.25) is 5.91 Å². The zero-order valence-electron chi connectivity index (χ0n) is 17.3. The lowest BCUT2D eigenvalue weighted by atomic mass is 9.89. The number of rotatable bonds is 4. The number of amides is 1. The lowest BCUT2D eigenvalue weighted by molar-refractivity contribution is -0.150. The molecular formula is C21H25ClN4O4. The summed E-state index contributed by atoms with van der Waals surface area (Å²) >= 11 is 6.01. The van der Waals surface area contributed by atoms with Crippen molar-refractivity contribution in [2.45, 2.75) is 45.8 Å². The summed E-state index contributed by atoms with van der Waals surface area (Å²) in [5.74, 6) is -0.659. The standard InChI is InChI=1S/C21H25ClN4O4/c1-4-29-21(28)30-20-18(19(27)25-7-5-6-8-26(20)25)17-13(2)9-16(10-14(17)3)24-12-15(22)11-23-24/h9-12,18,20H,4-8H2,1-3H3. The molecule has 30 heavy (non-hydrogen) atoms. The van der Waals surface area contributed by atoms with Crippen LogP contribution in [0.15, 0.2) is 24.5 Å². The Morgan fingerprint density at radius 3 is 2.57 bits per heavy atom. The fourth-order valence-corrected chi connectivity index (χ4v) is 4.54. The van der Waals surface area contributed by atoms with Gasteiger partial charge in [0.15, 0.2) is 6.23 Å². The van der Waals surface area contributed by atoms with Gasteiger partial charge in [0.25, 0.3) is 0 Å². The number of halogens is 1. The molecule has 160 valence electrons. The highest BCUT2D eigenvalue weighted by atomic mass is 35.5. The number of aromatic nitrogens is 2. The smallest absolute Gasteiger partial charge is 0.435 e. The van der Waals surface area contributed by atoms with Crippen LogP contribution in [0.1, 0.15) is 42.4 Å². The van der Waals surface area contributed by atoms with Crippen LogP contribution in [-0.4, -0.2) is 57.8 Å². The third-order valence-corrected chi connectivity index (χ3v) is 5.80. The Bertz CT molecular complexity index is 953. The van der Waals surface area contributed by atoms with Gasteiger partial charge in [0.1, 0.15) is 5.92 Å². The van der Waals surface area contributed by atoms with Gasteiger partial charge in [-0.2, -0.15) is 10.1 Å². The third kappa shape index (κ3) is 3.65. The van der Waals surface area contributed by atoms with Crippen molar-refractivity contribution in [3.8, 4) is 5.69 Å². The second-order valence-corrected chi connectivity index (χ2v) is 8.03. The summed E-state index contributed by atoms with van der Waals surface area (Å²) in [6.07, 6.45) is 3.70. The summed E-state index contributed by atoms with van der Waals surface area (Å²) in [4.78, 5) is 25.5. The number of hydrogen-bond acceptors (Lipinski definition) is 6. The molecule has 2 aliphatic rings. The van der Waals surface area contributed by atoms with E-state index in [4.69, 9.17) is 21.1 Å². The summed E-state index contributed by atoms with van der Waals surface area (Å²) < 4.78 is 12.4. The molecule has 2 aromatic rings. The minimum atomic E-state index is -0.758. The summed E-state index contributed by atoms with van der Waals surface area (Å²) in [5, 5.41) is 8.40. The van der Waals surface area contributed by atoms with Crippen molar-refractivity contribution < 1.29 is 19.1 Å². The van der Waals surface area contributed by atoms with Gasteiger partial charge in [-0.1, -0.05) is 11.6 Å². The van der Waals surface area contributed by atoms with Crippen molar-refractivity contribution in [3.05, 3.63) is 46.2 Å². The van der Waals surface area contributed by atoms with Gasteiger partial charge in [-0.25, -0.2) is 9.48 Å². The van der Waals surface area contributed by atoms with Crippen LogP contribution in [0.3, 0.4) is 0 Å². The molecule has 2 saturated heterocycles. The lowest BCUT2D eigenvalue weighted by Gasteiger charge is -2.34. The minimum absolute atomic E-state index is 0.0508. The van der Waals surface area contributed by atoms with E-state index in [2.05, 4.69) is 5.10 Å². The molecule has 0 radical (unpaired) electrons. The molecule has 8 nitrogen and oxygen atoms in total. The molecule has 2 atom stereocenters. The highest BCUT2D eigenvalue weighted by molar-refractivity contribution is 6.30. The summed E-state index contributed by atoms with van der Waals surface area (Å²) in [5.41, 5.74) is 3.57. The molecule has 0 N–H and O–H groups in total. The van der Waals surface area contributed by atoms with Crippen molar-refractivity contribution in [2.24, 2.45) is 0 Å². The van der Waals surface area contributed by atoms with E-state index >= 15 is 0 Å². The topological polar surface area (TPSA) is 76.9 Å². The molecule has 1 aromatic carbocycles. The summed E-state index contributed by atoms with van der Waals surface area (Å²) in [6, 6.07) is 3.93. The van der Waals surface area contributed by atoms with Gasteiger partial charge >= 0.3 is 6.16 Å².